The van der Waals surface area contributed by atoms with E-state index in [9.17, 15) is 4.79 Å². The zero-order valence-electron chi connectivity index (χ0n) is 9.57. The highest BCUT2D eigenvalue weighted by Crippen LogP contribution is 2.08. The number of carbonyl (C=O) groups is 1. The van der Waals surface area contributed by atoms with Gasteiger partial charge in [0.25, 0.3) is 5.91 Å². The van der Waals surface area contributed by atoms with Crippen LogP contribution in [0.1, 0.15) is 10.5 Å². The smallest absolute Gasteiger partial charge is 0.269 e. The topological polar surface area (TPSA) is 78.1 Å². The van der Waals surface area contributed by atoms with E-state index in [1.54, 1.807) is 23.9 Å². The maximum Gasteiger partial charge on any atom is 0.269 e. The molecule has 8 heteroatoms. The predicted molar refractivity (Wildman–Crippen MR) is 72.1 cm³/mol. The first-order valence-electron chi connectivity index (χ1n) is 5.50. The second-order valence-corrected chi connectivity index (χ2v) is 5.37. The summed E-state index contributed by atoms with van der Waals surface area (Å²) in [6, 6.07) is 3.26. The van der Waals surface area contributed by atoms with Crippen LogP contribution < -0.4 is 21.7 Å². The number of aromatic nitrogens is 1. The number of rotatable bonds is 5. The van der Waals surface area contributed by atoms with Crippen LogP contribution in [0.25, 0.3) is 0 Å². The highest BCUT2D eigenvalue weighted by atomic mass is 35.5. The molecule has 2 heterocycles. The normalized spacial score (nSPS) is 18.8. The Morgan fingerprint density at radius 3 is 3.17 bits per heavy atom. The molecule has 1 aromatic heterocycles. The summed E-state index contributed by atoms with van der Waals surface area (Å²) in [6.45, 7) is 1.46. The minimum atomic E-state index is -0.178. The Kier molecular flexibility index (Phi) is 5.21. The highest BCUT2D eigenvalue weighted by molar-refractivity contribution is 7.99. The fourth-order valence-corrected chi connectivity index (χ4v) is 2.35. The van der Waals surface area contributed by atoms with E-state index in [0.29, 0.717) is 22.6 Å². The summed E-state index contributed by atoms with van der Waals surface area (Å²) in [4.78, 5) is 15.6. The molecule has 0 saturated carbocycles. The lowest BCUT2D eigenvalue weighted by atomic mass is 10.3. The van der Waals surface area contributed by atoms with Gasteiger partial charge in [0.15, 0.2) is 0 Å². The summed E-state index contributed by atoms with van der Waals surface area (Å²) in [6.07, 6.45) is 1.46. The van der Waals surface area contributed by atoms with Crippen molar-refractivity contribution in [2.45, 2.75) is 5.37 Å². The van der Waals surface area contributed by atoms with Crippen molar-refractivity contribution in [1.29, 1.82) is 0 Å². The average molecular weight is 288 g/mol. The Hall–Kier alpha value is -0.860. The second kappa shape index (κ2) is 6.91. The third kappa shape index (κ3) is 4.11. The molecule has 98 valence electrons. The lowest BCUT2D eigenvalue weighted by molar-refractivity contribution is 0.0951. The van der Waals surface area contributed by atoms with Gasteiger partial charge in [0.05, 0.1) is 10.4 Å². The van der Waals surface area contributed by atoms with Crippen molar-refractivity contribution in [2.75, 3.05) is 18.8 Å². The van der Waals surface area contributed by atoms with Gasteiger partial charge in [-0.3, -0.25) is 4.79 Å². The number of hydrogen-bond donors (Lipinski definition) is 4. The third-order valence-electron chi connectivity index (χ3n) is 2.28. The standard InChI is InChI=1S/C10H14ClN5OS/c11-7-1-2-8(13-5-7)10(17)12-3-4-18-9-6-14-16-15-9/h1-2,5,9,14-16H,3-4,6H2,(H,12,17). The molecule has 0 bridgehead atoms. The summed E-state index contributed by atoms with van der Waals surface area (Å²) in [7, 11) is 0. The van der Waals surface area contributed by atoms with Gasteiger partial charge in [-0.05, 0) is 12.1 Å². The van der Waals surface area contributed by atoms with Gasteiger partial charge in [-0.2, -0.15) is 5.53 Å². The monoisotopic (exact) mass is 287 g/mol. The van der Waals surface area contributed by atoms with Crippen molar-refractivity contribution in [2.24, 2.45) is 0 Å². The van der Waals surface area contributed by atoms with Crippen LogP contribution in [-0.4, -0.2) is 35.1 Å². The third-order valence-corrected chi connectivity index (χ3v) is 3.63. The van der Waals surface area contributed by atoms with E-state index in [1.807, 2.05) is 0 Å². The summed E-state index contributed by atoms with van der Waals surface area (Å²) in [5.74, 6) is 0.656. The van der Waals surface area contributed by atoms with Gasteiger partial charge >= 0.3 is 0 Å². The van der Waals surface area contributed by atoms with Crippen molar-refractivity contribution < 1.29 is 4.79 Å². The fraction of sp³-hybridized carbons (Fsp3) is 0.400. The summed E-state index contributed by atoms with van der Waals surface area (Å²) in [5.41, 5.74) is 9.21. The van der Waals surface area contributed by atoms with Crippen molar-refractivity contribution in [1.82, 2.24) is 26.7 Å². The highest BCUT2D eigenvalue weighted by Gasteiger charge is 2.13. The van der Waals surface area contributed by atoms with Gasteiger partial charge in [-0.1, -0.05) is 11.6 Å². The van der Waals surface area contributed by atoms with Crippen LogP contribution >= 0.6 is 23.4 Å². The van der Waals surface area contributed by atoms with E-state index in [1.165, 1.54) is 6.20 Å². The predicted octanol–water partition coefficient (Wildman–Crippen LogP) is 0.137. The van der Waals surface area contributed by atoms with Gasteiger partial charge < -0.3 is 5.32 Å². The van der Waals surface area contributed by atoms with Crippen molar-refractivity contribution in [3.8, 4) is 0 Å². The van der Waals surface area contributed by atoms with Crippen LogP contribution in [-0.2, 0) is 0 Å². The van der Waals surface area contributed by atoms with Gasteiger partial charge in [-0.25, -0.2) is 15.8 Å². The molecule has 1 aliphatic rings. The Morgan fingerprint density at radius 2 is 2.50 bits per heavy atom. The molecular weight excluding hydrogens is 274 g/mol. The van der Waals surface area contributed by atoms with Crippen molar-refractivity contribution in [3.05, 3.63) is 29.0 Å². The van der Waals surface area contributed by atoms with E-state index in [2.05, 4.69) is 26.7 Å². The molecule has 1 saturated heterocycles. The molecule has 0 spiro atoms. The number of amides is 1. The SMILES string of the molecule is O=C(NCCSC1CNNN1)c1ccc(Cl)cn1. The number of nitrogens with one attached hydrogen (secondary N) is 4. The maximum atomic E-state index is 11.7. The van der Waals surface area contributed by atoms with Crippen molar-refractivity contribution in [3.63, 3.8) is 0 Å². The molecule has 4 N–H and O–H groups in total. The zero-order valence-corrected chi connectivity index (χ0v) is 11.1. The molecule has 1 fully saturated rings. The molecule has 18 heavy (non-hydrogen) atoms. The van der Waals surface area contributed by atoms with Crippen LogP contribution in [0.2, 0.25) is 5.02 Å². The fourth-order valence-electron chi connectivity index (χ4n) is 1.39. The lowest BCUT2D eigenvalue weighted by Crippen LogP contribution is -2.33. The maximum absolute atomic E-state index is 11.7. The first-order chi connectivity index (χ1) is 8.75. The molecule has 0 aromatic carbocycles. The molecule has 1 unspecified atom stereocenters. The number of halogens is 1. The molecule has 1 aliphatic heterocycles. The van der Waals surface area contributed by atoms with E-state index in [-0.39, 0.29) is 5.91 Å². The zero-order chi connectivity index (χ0) is 12.8. The Bertz CT molecular complexity index is 396. The van der Waals surface area contributed by atoms with Gasteiger partial charge in [0.2, 0.25) is 0 Å². The van der Waals surface area contributed by atoms with E-state index < -0.39 is 0 Å². The summed E-state index contributed by atoms with van der Waals surface area (Å²) < 4.78 is 0. The van der Waals surface area contributed by atoms with Gasteiger partial charge in [0, 0.05) is 25.0 Å². The average Bonchev–Trinajstić information content (AvgIpc) is 2.88. The molecule has 1 aromatic rings. The second-order valence-electron chi connectivity index (χ2n) is 3.63. The molecule has 1 amide bonds. The first kappa shape index (κ1) is 13.6. The molecule has 1 atom stereocenters. The van der Waals surface area contributed by atoms with E-state index >= 15 is 0 Å². The Morgan fingerprint density at radius 1 is 1.61 bits per heavy atom. The van der Waals surface area contributed by atoms with Crippen LogP contribution in [0, 0.1) is 0 Å². The molecular formula is C10H14ClN5OS. The van der Waals surface area contributed by atoms with Gasteiger partial charge in [0.1, 0.15) is 5.69 Å². The van der Waals surface area contributed by atoms with Gasteiger partial charge in [-0.15, -0.1) is 11.8 Å². The number of hydrazine groups is 2. The molecule has 0 aliphatic carbocycles. The summed E-state index contributed by atoms with van der Waals surface area (Å²) in [5, 5.41) is 3.66. The minimum absolute atomic E-state index is 0.178. The number of carbonyl (C=O) groups excluding carboxylic acids is 1. The Balaban J connectivity index is 1.66. The Labute approximate surface area is 114 Å². The van der Waals surface area contributed by atoms with Crippen LogP contribution in [0.3, 0.4) is 0 Å². The van der Waals surface area contributed by atoms with Crippen LogP contribution in [0.4, 0.5) is 0 Å². The minimum Gasteiger partial charge on any atom is -0.350 e. The largest absolute Gasteiger partial charge is 0.350 e. The van der Waals surface area contributed by atoms with Crippen LogP contribution in [0.5, 0.6) is 0 Å². The number of hydrogen-bond acceptors (Lipinski definition) is 6. The molecule has 2 rings (SSSR count). The number of nitrogens with zero attached hydrogens (tertiary/aromatic N) is 1. The van der Waals surface area contributed by atoms with E-state index in [4.69, 9.17) is 11.6 Å². The molecule has 6 nitrogen and oxygen atoms in total. The number of pyridine rings is 1. The summed E-state index contributed by atoms with van der Waals surface area (Å²) >= 11 is 7.43. The van der Waals surface area contributed by atoms with Crippen molar-refractivity contribution >= 4 is 29.3 Å². The van der Waals surface area contributed by atoms with E-state index in [0.717, 1.165) is 12.3 Å². The van der Waals surface area contributed by atoms with Crippen LogP contribution in [0.15, 0.2) is 18.3 Å². The molecule has 0 radical (unpaired) electrons. The lowest BCUT2D eigenvalue weighted by Gasteiger charge is -2.08. The first-order valence-corrected chi connectivity index (χ1v) is 6.93. The number of thioether (sulfide) groups is 1. The quantitative estimate of drug-likeness (QED) is 0.577.